The van der Waals surface area contributed by atoms with Gasteiger partial charge >= 0.3 is 0 Å². The van der Waals surface area contributed by atoms with Crippen molar-refractivity contribution in [2.75, 3.05) is 36.5 Å². The minimum atomic E-state index is 0.632. The highest BCUT2D eigenvalue weighted by Crippen LogP contribution is 2.21. The molecule has 0 radical (unpaired) electrons. The van der Waals surface area contributed by atoms with Crippen molar-refractivity contribution in [3.05, 3.63) is 41.6 Å². The van der Waals surface area contributed by atoms with E-state index in [1.165, 1.54) is 11.1 Å². The molecule has 0 saturated carbocycles. The lowest BCUT2D eigenvalue weighted by Crippen LogP contribution is -2.36. The van der Waals surface area contributed by atoms with Crippen LogP contribution in [0.2, 0.25) is 0 Å². The first-order valence-corrected chi connectivity index (χ1v) is 7.22. The molecule has 3 rings (SSSR count). The van der Waals surface area contributed by atoms with Crippen LogP contribution in [0.5, 0.6) is 0 Å². The fraction of sp³-hybridized carbons (Fsp3) is 0.375. The monoisotopic (exact) mass is 284 g/mol. The number of anilines is 3. The van der Waals surface area contributed by atoms with Crippen LogP contribution in [-0.2, 0) is 4.74 Å². The summed E-state index contributed by atoms with van der Waals surface area (Å²) in [7, 11) is 0. The van der Waals surface area contributed by atoms with Gasteiger partial charge in [-0.1, -0.05) is 12.1 Å². The first kappa shape index (κ1) is 13.8. The van der Waals surface area contributed by atoms with Gasteiger partial charge in [0.15, 0.2) is 0 Å². The highest BCUT2D eigenvalue weighted by atomic mass is 16.5. The summed E-state index contributed by atoms with van der Waals surface area (Å²) in [5.41, 5.74) is 3.45. The Morgan fingerprint density at radius 1 is 1.14 bits per heavy atom. The van der Waals surface area contributed by atoms with Crippen LogP contribution in [0.15, 0.2) is 30.5 Å². The third kappa shape index (κ3) is 3.31. The Morgan fingerprint density at radius 2 is 1.95 bits per heavy atom. The molecular formula is C16H20N4O. The van der Waals surface area contributed by atoms with Gasteiger partial charge < -0.3 is 15.0 Å². The summed E-state index contributed by atoms with van der Waals surface area (Å²) >= 11 is 0. The molecule has 1 fully saturated rings. The van der Waals surface area contributed by atoms with Crippen LogP contribution >= 0.6 is 0 Å². The molecule has 2 heterocycles. The molecule has 5 heteroatoms. The van der Waals surface area contributed by atoms with E-state index in [0.29, 0.717) is 5.95 Å². The average molecular weight is 284 g/mol. The minimum Gasteiger partial charge on any atom is -0.378 e. The summed E-state index contributed by atoms with van der Waals surface area (Å²) in [5, 5.41) is 3.31. The maximum absolute atomic E-state index is 5.38. The summed E-state index contributed by atoms with van der Waals surface area (Å²) in [6.07, 6.45) is 1.80. The molecule has 1 N–H and O–H groups in total. The molecule has 1 saturated heterocycles. The summed E-state index contributed by atoms with van der Waals surface area (Å²) in [4.78, 5) is 11.2. The highest BCUT2D eigenvalue weighted by molar-refractivity contribution is 5.60. The van der Waals surface area contributed by atoms with Crippen LogP contribution in [0.4, 0.5) is 17.5 Å². The van der Waals surface area contributed by atoms with Crippen molar-refractivity contribution in [2.24, 2.45) is 0 Å². The average Bonchev–Trinajstić information content (AvgIpc) is 2.52. The predicted octanol–water partition coefficient (Wildman–Crippen LogP) is 2.67. The quantitative estimate of drug-likeness (QED) is 0.939. The second-order valence-electron chi connectivity index (χ2n) is 5.28. The number of hydrogen-bond donors (Lipinski definition) is 1. The van der Waals surface area contributed by atoms with E-state index in [4.69, 9.17) is 4.74 Å². The molecule has 1 aromatic heterocycles. The van der Waals surface area contributed by atoms with E-state index < -0.39 is 0 Å². The predicted molar refractivity (Wildman–Crippen MR) is 84.3 cm³/mol. The number of aromatic nitrogens is 2. The second-order valence-corrected chi connectivity index (χ2v) is 5.28. The summed E-state index contributed by atoms with van der Waals surface area (Å²) < 4.78 is 5.38. The molecule has 1 aromatic carbocycles. The van der Waals surface area contributed by atoms with E-state index in [1.54, 1.807) is 6.20 Å². The normalized spacial score (nSPS) is 15.0. The molecule has 0 aliphatic carbocycles. The van der Waals surface area contributed by atoms with Crippen LogP contribution in [0, 0.1) is 13.8 Å². The first-order chi connectivity index (χ1) is 10.2. The smallest absolute Gasteiger partial charge is 0.229 e. The Labute approximate surface area is 125 Å². The molecule has 110 valence electrons. The molecule has 21 heavy (non-hydrogen) atoms. The highest BCUT2D eigenvalue weighted by Gasteiger charge is 2.13. The number of morpholine rings is 1. The van der Waals surface area contributed by atoms with Crippen molar-refractivity contribution in [2.45, 2.75) is 13.8 Å². The fourth-order valence-corrected chi connectivity index (χ4v) is 2.37. The Bertz CT molecular complexity index is 623. The Morgan fingerprint density at radius 3 is 2.76 bits per heavy atom. The number of hydrogen-bond acceptors (Lipinski definition) is 5. The molecule has 1 aliphatic heterocycles. The van der Waals surface area contributed by atoms with Gasteiger partial charge in [0.1, 0.15) is 5.82 Å². The molecule has 5 nitrogen and oxygen atoms in total. The number of rotatable bonds is 3. The maximum Gasteiger partial charge on any atom is 0.229 e. The minimum absolute atomic E-state index is 0.632. The van der Waals surface area contributed by atoms with Gasteiger partial charge in [0.2, 0.25) is 5.95 Å². The zero-order valence-electron chi connectivity index (χ0n) is 12.5. The molecule has 2 aromatic rings. The fourth-order valence-electron chi connectivity index (χ4n) is 2.37. The topological polar surface area (TPSA) is 50.3 Å². The van der Waals surface area contributed by atoms with Crippen molar-refractivity contribution < 1.29 is 4.74 Å². The van der Waals surface area contributed by atoms with Gasteiger partial charge in [0, 0.05) is 25.0 Å². The van der Waals surface area contributed by atoms with Gasteiger partial charge in [-0.3, -0.25) is 0 Å². The van der Waals surface area contributed by atoms with Crippen LogP contribution in [0.1, 0.15) is 11.1 Å². The van der Waals surface area contributed by atoms with Gasteiger partial charge in [0.05, 0.1) is 13.2 Å². The van der Waals surface area contributed by atoms with Crippen LogP contribution < -0.4 is 10.2 Å². The number of nitrogens with one attached hydrogen (secondary N) is 1. The van der Waals surface area contributed by atoms with Crippen molar-refractivity contribution in [1.29, 1.82) is 0 Å². The molecular weight excluding hydrogens is 264 g/mol. The van der Waals surface area contributed by atoms with Crippen molar-refractivity contribution in [3.63, 3.8) is 0 Å². The molecule has 0 spiro atoms. The summed E-state index contributed by atoms with van der Waals surface area (Å²) in [6, 6.07) is 8.26. The van der Waals surface area contributed by atoms with E-state index in [0.717, 1.165) is 37.8 Å². The van der Waals surface area contributed by atoms with Crippen molar-refractivity contribution >= 4 is 17.5 Å². The Balaban J connectivity index is 1.81. The van der Waals surface area contributed by atoms with Gasteiger partial charge in [0.25, 0.3) is 0 Å². The number of aryl methyl sites for hydroxylation is 2. The van der Waals surface area contributed by atoms with Crippen LogP contribution in [0.3, 0.4) is 0 Å². The number of ether oxygens (including phenoxy) is 1. The largest absolute Gasteiger partial charge is 0.378 e. The standard InChI is InChI=1S/C16H20N4O/c1-12-3-4-13(2)14(11-12)18-16-17-6-5-15(19-16)20-7-9-21-10-8-20/h3-6,11H,7-10H2,1-2H3,(H,17,18,19). The van der Waals surface area contributed by atoms with Gasteiger partial charge in [-0.2, -0.15) is 4.98 Å². The number of benzene rings is 1. The zero-order valence-corrected chi connectivity index (χ0v) is 12.5. The maximum atomic E-state index is 5.38. The molecule has 0 amide bonds. The van der Waals surface area contributed by atoms with Crippen molar-refractivity contribution in [1.82, 2.24) is 9.97 Å². The Hall–Kier alpha value is -2.14. The molecule has 1 aliphatic rings. The lowest BCUT2D eigenvalue weighted by molar-refractivity contribution is 0.122. The summed E-state index contributed by atoms with van der Waals surface area (Å²) in [5.74, 6) is 1.58. The van der Waals surface area contributed by atoms with E-state index >= 15 is 0 Å². The second kappa shape index (κ2) is 6.10. The van der Waals surface area contributed by atoms with Crippen molar-refractivity contribution in [3.8, 4) is 0 Å². The third-order valence-corrected chi connectivity index (χ3v) is 3.62. The lowest BCUT2D eigenvalue weighted by atomic mass is 10.1. The van der Waals surface area contributed by atoms with E-state index in [-0.39, 0.29) is 0 Å². The SMILES string of the molecule is Cc1ccc(C)c(Nc2nccc(N3CCOCC3)n2)c1. The molecule has 0 unspecified atom stereocenters. The van der Waals surface area contributed by atoms with Gasteiger partial charge in [-0.25, -0.2) is 4.98 Å². The van der Waals surface area contributed by atoms with Gasteiger partial charge in [-0.05, 0) is 37.1 Å². The lowest BCUT2D eigenvalue weighted by Gasteiger charge is -2.27. The molecule has 0 atom stereocenters. The van der Waals surface area contributed by atoms with E-state index in [1.807, 2.05) is 6.07 Å². The Kier molecular flexibility index (Phi) is 4.01. The van der Waals surface area contributed by atoms with Gasteiger partial charge in [-0.15, -0.1) is 0 Å². The van der Waals surface area contributed by atoms with Crippen LogP contribution in [-0.4, -0.2) is 36.3 Å². The first-order valence-electron chi connectivity index (χ1n) is 7.22. The number of nitrogens with zero attached hydrogens (tertiary/aromatic N) is 3. The van der Waals surface area contributed by atoms with Crippen LogP contribution in [0.25, 0.3) is 0 Å². The summed E-state index contributed by atoms with van der Waals surface area (Å²) in [6.45, 7) is 7.41. The van der Waals surface area contributed by atoms with E-state index in [9.17, 15) is 0 Å². The third-order valence-electron chi connectivity index (χ3n) is 3.62. The zero-order chi connectivity index (χ0) is 14.7. The molecule has 0 bridgehead atoms. The van der Waals surface area contributed by atoms with E-state index in [2.05, 4.69) is 52.2 Å².